The van der Waals surface area contributed by atoms with Gasteiger partial charge >= 0.3 is 5.97 Å². The Morgan fingerprint density at radius 1 is 1.12 bits per heavy atom. The smallest absolute Gasteiger partial charge is 0.353 e. The zero-order chi connectivity index (χ0) is 23.8. The highest BCUT2D eigenvalue weighted by Gasteiger charge is 2.54. The van der Waals surface area contributed by atoms with E-state index in [0.29, 0.717) is 10.7 Å². The maximum absolute atomic E-state index is 12.9. The number of rotatable bonds is 6. The Morgan fingerprint density at radius 2 is 1.79 bits per heavy atom. The van der Waals surface area contributed by atoms with Crippen molar-refractivity contribution in [3.63, 3.8) is 0 Å². The van der Waals surface area contributed by atoms with Crippen LogP contribution in [0.4, 0.5) is 0 Å². The number of carboxylic acids is 1. The van der Waals surface area contributed by atoms with E-state index in [-0.39, 0.29) is 29.3 Å². The van der Waals surface area contributed by atoms with Crippen molar-refractivity contribution >= 4 is 41.3 Å². The second-order valence-electron chi connectivity index (χ2n) is 9.04. The number of β-lactam (4-membered cyclic amide) rings is 1. The molecule has 0 aromatic heterocycles. The van der Waals surface area contributed by atoms with Crippen molar-refractivity contribution in [2.24, 2.45) is 0 Å². The van der Waals surface area contributed by atoms with E-state index in [1.54, 1.807) is 0 Å². The highest BCUT2D eigenvalue weighted by Crippen LogP contribution is 2.46. The van der Waals surface area contributed by atoms with E-state index in [1.807, 2.05) is 48.5 Å². The van der Waals surface area contributed by atoms with Crippen LogP contribution < -0.4 is 5.32 Å². The standard InChI is InChI=1S/C25H26N2O4S2/c1-25(2,3)16-11-7-8-12-17(16)33-18-14-32-23-20(22(29)27(23)21(18)24(30)31)26-19(28)13-15-9-5-4-6-10-15/h4-12,20,23H,13-14H2,1-3H3,(H,26,28)(H,30,31)/t20-,23-/m1/s1. The molecule has 0 aliphatic carbocycles. The fourth-order valence-corrected chi connectivity index (χ4v) is 6.80. The van der Waals surface area contributed by atoms with Gasteiger partial charge in [-0.1, -0.05) is 81.1 Å². The van der Waals surface area contributed by atoms with E-state index in [0.717, 1.165) is 16.0 Å². The number of nitrogens with one attached hydrogen (secondary N) is 1. The lowest BCUT2D eigenvalue weighted by atomic mass is 9.87. The third kappa shape index (κ3) is 4.82. The summed E-state index contributed by atoms with van der Waals surface area (Å²) in [5, 5.41) is 12.3. The Labute approximate surface area is 201 Å². The molecule has 2 N–H and O–H groups in total. The van der Waals surface area contributed by atoms with E-state index < -0.39 is 17.4 Å². The lowest BCUT2D eigenvalue weighted by Crippen LogP contribution is -2.70. The molecule has 0 radical (unpaired) electrons. The van der Waals surface area contributed by atoms with Crippen LogP contribution in [-0.2, 0) is 26.2 Å². The molecular formula is C25H26N2O4S2. The van der Waals surface area contributed by atoms with Crippen molar-refractivity contribution in [2.75, 3.05) is 5.75 Å². The molecule has 1 fully saturated rings. The number of amides is 2. The van der Waals surface area contributed by atoms with Gasteiger partial charge in [0.2, 0.25) is 5.91 Å². The monoisotopic (exact) mass is 482 g/mol. The molecule has 172 valence electrons. The van der Waals surface area contributed by atoms with Crippen LogP contribution in [0.1, 0.15) is 31.9 Å². The number of fused-ring (bicyclic) bond motifs is 1. The van der Waals surface area contributed by atoms with Crippen molar-refractivity contribution in [3.8, 4) is 0 Å². The van der Waals surface area contributed by atoms with Gasteiger partial charge in [0.05, 0.1) is 6.42 Å². The van der Waals surface area contributed by atoms with Gasteiger partial charge in [0, 0.05) is 15.6 Å². The summed E-state index contributed by atoms with van der Waals surface area (Å²) in [6.45, 7) is 6.35. The summed E-state index contributed by atoms with van der Waals surface area (Å²) >= 11 is 2.89. The topological polar surface area (TPSA) is 86.7 Å². The Morgan fingerprint density at radius 3 is 2.45 bits per heavy atom. The second-order valence-corrected chi connectivity index (χ2v) is 11.3. The highest BCUT2D eigenvalue weighted by molar-refractivity contribution is 8.06. The van der Waals surface area contributed by atoms with Gasteiger partial charge in [-0.05, 0) is 22.6 Å². The van der Waals surface area contributed by atoms with Crippen LogP contribution in [0.3, 0.4) is 0 Å². The van der Waals surface area contributed by atoms with Crippen LogP contribution in [-0.4, -0.2) is 45.0 Å². The third-order valence-corrected chi connectivity index (χ3v) is 8.21. The molecule has 0 unspecified atom stereocenters. The quantitative estimate of drug-likeness (QED) is 0.605. The van der Waals surface area contributed by atoms with Crippen LogP contribution in [0.15, 0.2) is 70.1 Å². The summed E-state index contributed by atoms with van der Waals surface area (Å²) < 4.78 is 0. The minimum absolute atomic E-state index is 0.0195. The molecule has 4 rings (SSSR count). The van der Waals surface area contributed by atoms with Gasteiger partial charge in [0.25, 0.3) is 5.91 Å². The minimum atomic E-state index is -1.13. The van der Waals surface area contributed by atoms with Crippen LogP contribution in [0.5, 0.6) is 0 Å². The summed E-state index contributed by atoms with van der Waals surface area (Å²) in [6.07, 6.45) is 0.175. The summed E-state index contributed by atoms with van der Waals surface area (Å²) in [4.78, 5) is 40.5. The SMILES string of the molecule is CC(C)(C)c1ccccc1SC1=C(C(=O)O)N2C(=O)[C@@H](NC(=O)Cc3ccccc3)[C@H]2SC1. The van der Waals surface area contributed by atoms with E-state index in [2.05, 4.69) is 32.2 Å². The molecule has 0 bridgehead atoms. The number of carbonyl (C=O) groups excluding carboxylic acids is 2. The Kier molecular flexibility index (Phi) is 6.59. The number of hydrogen-bond donors (Lipinski definition) is 2. The first-order valence-electron chi connectivity index (χ1n) is 10.7. The first kappa shape index (κ1) is 23.4. The number of carbonyl (C=O) groups is 3. The Bertz CT molecular complexity index is 1120. The van der Waals surface area contributed by atoms with Crippen LogP contribution in [0, 0.1) is 0 Å². The van der Waals surface area contributed by atoms with Crippen LogP contribution in [0.2, 0.25) is 0 Å². The number of carboxylic acid groups (broad SMARTS) is 1. The van der Waals surface area contributed by atoms with Crippen molar-refractivity contribution in [1.29, 1.82) is 0 Å². The fourth-order valence-electron chi connectivity index (χ4n) is 3.98. The van der Waals surface area contributed by atoms with Crippen LogP contribution >= 0.6 is 23.5 Å². The zero-order valence-electron chi connectivity index (χ0n) is 18.7. The average Bonchev–Trinajstić information content (AvgIpc) is 2.77. The van der Waals surface area contributed by atoms with Gasteiger partial charge in [0.1, 0.15) is 17.1 Å². The van der Waals surface area contributed by atoms with Crippen molar-refractivity contribution in [3.05, 3.63) is 76.3 Å². The summed E-state index contributed by atoms with van der Waals surface area (Å²) in [7, 11) is 0. The maximum atomic E-state index is 12.9. The normalized spacial score (nSPS) is 20.2. The predicted molar refractivity (Wildman–Crippen MR) is 131 cm³/mol. The largest absolute Gasteiger partial charge is 0.477 e. The minimum Gasteiger partial charge on any atom is -0.477 e. The molecule has 1 saturated heterocycles. The molecule has 6 nitrogen and oxygen atoms in total. The molecule has 0 saturated carbocycles. The van der Waals surface area contributed by atoms with Gasteiger partial charge in [0.15, 0.2) is 0 Å². The lowest BCUT2D eigenvalue weighted by molar-refractivity contribution is -0.150. The van der Waals surface area contributed by atoms with Gasteiger partial charge in [-0.2, -0.15) is 0 Å². The predicted octanol–water partition coefficient (Wildman–Crippen LogP) is 4.02. The Balaban J connectivity index is 1.53. The van der Waals surface area contributed by atoms with E-state index in [4.69, 9.17) is 0 Å². The second kappa shape index (κ2) is 9.27. The van der Waals surface area contributed by atoms with Gasteiger partial charge in [-0.15, -0.1) is 11.8 Å². The third-order valence-electron chi connectivity index (χ3n) is 5.59. The van der Waals surface area contributed by atoms with E-state index >= 15 is 0 Å². The molecule has 2 atom stereocenters. The molecule has 8 heteroatoms. The number of hydrogen-bond acceptors (Lipinski definition) is 5. The maximum Gasteiger partial charge on any atom is 0.353 e. The molecule has 2 aliphatic heterocycles. The Hall–Kier alpha value is -2.71. The van der Waals surface area contributed by atoms with Gasteiger partial charge in [-0.25, -0.2) is 4.79 Å². The summed E-state index contributed by atoms with van der Waals surface area (Å²) in [5.74, 6) is -1.30. The van der Waals surface area contributed by atoms with Gasteiger partial charge < -0.3 is 10.4 Å². The number of aliphatic carboxylic acids is 1. The number of thioether (sulfide) groups is 2. The lowest BCUT2D eigenvalue weighted by Gasteiger charge is -2.49. The molecule has 2 aromatic rings. The summed E-state index contributed by atoms with van der Waals surface area (Å²) in [6, 6.07) is 16.5. The van der Waals surface area contributed by atoms with E-state index in [1.165, 1.54) is 28.4 Å². The number of nitrogens with zero attached hydrogens (tertiary/aromatic N) is 1. The molecule has 2 aliphatic rings. The van der Waals surface area contributed by atoms with E-state index in [9.17, 15) is 19.5 Å². The van der Waals surface area contributed by atoms with Crippen molar-refractivity contribution < 1.29 is 19.5 Å². The first-order chi connectivity index (χ1) is 15.7. The number of benzene rings is 2. The molecular weight excluding hydrogens is 456 g/mol. The van der Waals surface area contributed by atoms with Crippen molar-refractivity contribution in [1.82, 2.24) is 10.2 Å². The molecule has 2 heterocycles. The first-order valence-corrected chi connectivity index (χ1v) is 12.5. The summed E-state index contributed by atoms with van der Waals surface area (Å²) in [5.41, 5.74) is 1.90. The average molecular weight is 483 g/mol. The van der Waals surface area contributed by atoms with Gasteiger partial charge in [-0.3, -0.25) is 14.5 Å². The molecule has 0 spiro atoms. The fraction of sp³-hybridized carbons (Fsp3) is 0.320. The van der Waals surface area contributed by atoms with Crippen molar-refractivity contribution in [2.45, 2.75) is 48.9 Å². The highest BCUT2D eigenvalue weighted by atomic mass is 32.2. The molecule has 2 aromatic carbocycles. The van der Waals surface area contributed by atoms with Crippen LogP contribution in [0.25, 0.3) is 0 Å². The molecule has 2 amide bonds. The zero-order valence-corrected chi connectivity index (χ0v) is 20.3. The molecule has 33 heavy (non-hydrogen) atoms.